The number of fused-ring (bicyclic) bond motifs is 18. The van der Waals surface area contributed by atoms with Gasteiger partial charge in [-0.15, -0.1) is 11.3 Å². The van der Waals surface area contributed by atoms with E-state index in [9.17, 15) is 0 Å². The van der Waals surface area contributed by atoms with Crippen LogP contribution in [0.5, 0.6) is 0 Å². The SMILES string of the molecule is c1ccc2c(c1)ccc1c2c2c3ccccc3c3c4ccccc4sc3c2n1-c1nc(-c2cccc3oc4ccccc4c23)c2c(n1)oc1ccccc12. The number of benzene rings is 8. The Hall–Kier alpha value is -7.02. The van der Waals surface area contributed by atoms with E-state index in [1.54, 1.807) is 0 Å². The van der Waals surface area contributed by atoms with Crippen molar-refractivity contribution in [3.8, 4) is 17.2 Å². The van der Waals surface area contributed by atoms with Crippen molar-refractivity contribution in [3.63, 3.8) is 0 Å². The van der Waals surface area contributed by atoms with Crippen LogP contribution in [0.15, 0.2) is 160 Å². The molecule has 0 fully saturated rings. The monoisotopic (exact) mass is 707 g/mol. The molecule has 6 heteroatoms. The summed E-state index contributed by atoms with van der Waals surface area (Å²) < 4.78 is 17.8. The van der Waals surface area contributed by atoms with Crippen LogP contribution in [0.25, 0.3) is 125 Å². The molecule has 0 N–H and O–H groups in total. The zero-order valence-electron chi connectivity index (χ0n) is 28.5. The van der Waals surface area contributed by atoms with Gasteiger partial charge in [0.05, 0.1) is 26.8 Å². The van der Waals surface area contributed by atoms with Crippen LogP contribution in [-0.2, 0) is 0 Å². The molecule has 0 spiro atoms. The summed E-state index contributed by atoms with van der Waals surface area (Å²) in [6, 6.07) is 53.4. The molecule has 250 valence electrons. The van der Waals surface area contributed by atoms with Crippen molar-refractivity contribution >= 4 is 119 Å². The van der Waals surface area contributed by atoms with E-state index in [0.717, 1.165) is 60.6 Å². The Morgan fingerprint density at radius 2 is 1.09 bits per heavy atom. The minimum absolute atomic E-state index is 0.546. The Kier molecular flexibility index (Phi) is 5.45. The Bertz CT molecular complexity index is 3750. The maximum atomic E-state index is 6.65. The Balaban J connectivity index is 1.28. The lowest BCUT2D eigenvalue weighted by Crippen LogP contribution is -2.03. The molecule has 0 saturated carbocycles. The van der Waals surface area contributed by atoms with Crippen LogP contribution < -0.4 is 0 Å². The van der Waals surface area contributed by atoms with E-state index in [-0.39, 0.29) is 0 Å². The molecule has 0 aliphatic carbocycles. The van der Waals surface area contributed by atoms with E-state index in [1.165, 1.54) is 52.5 Å². The first-order valence-electron chi connectivity index (χ1n) is 18.1. The van der Waals surface area contributed by atoms with Crippen molar-refractivity contribution < 1.29 is 8.83 Å². The standard InChI is InChI=1S/C48H25N3O2S/c1-2-13-27-26(12-1)24-25-34-41(27)42-29-15-4-3-14-28(29)40-32-18-7-10-23-38(32)54-46(40)45(42)51(34)48-49-44(43-31-17-6-9-21-36(31)53-47(43)50-48)33-19-11-22-37-39(33)30-16-5-8-20-35(30)52-37/h1-25H. The van der Waals surface area contributed by atoms with Gasteiger partial charge in [-0.2, -0.15) is 4.98 Å². The van der Waals surface area contributed by atoms with E-state index in [4.69, 9.17) is 18.8 Å². The van der Waals surface area contributed by atoms with Crippen molar-refractivity contribution in [3.05, 3.63) is 152 Å². The van der Waals surface area contributed by atoms with E-state index in [0.29, 0.717) is 11.7 Å². The average molecular weight is 708 g/mol. The molecule has 5 heterocycles. The number of rotatable bonds is 2. The molecule has 0 aliphatic heterocycles. The fraction of sp³-hybridized carbons (Fsp3) is 0. The lowest BCUT2D eigenvalue weighted by Gasteiger charge is -2.11. The highest BCUT2D eigenvalue weighted by molar-refractivity contribution is 7.27. The molecule has 13 aromatic rings. The molecule has 0 amide bonds. The second-order valence-electron chi connectivity index (χ2n) is 14.0. The van der Waals surface area contributed by atoms with Crippen LogP contribution in [0.3, 0.4) is 0 Å². The fourth-order valence-corrected chi connectivity index (χ4v) is 10.3. The molecule has 0 unspecified atom stereocenters. The normalized spacial score (nSPS) is 12.4. The molecule has 0 saturated heterocycles. The minimum Gasteiger partial charge on any atom is -0.456 e. The topological polar surface area (TPSA) is 57.0 Å². The molecule has 0 aliphatic rings. The van der Waals surface area contributed by atoms with Crippen LogP contribution in [-0.4, -0.2) is 14.5 Å². The summed E-state index contributed by atoms with van der Waals surface area (Å²) in [6.45, 7) is 0. The molecule has 0 radical (unpaired) electrons. The van der Waals surface area contributed by atoms with Crippen LogP contribution in [0.2, 0.25) is 0 Å². The highest BCUT2D eigenvalue weighted by atomic mass is 32.1. The molecule has 0 bridgehead atoms. The van der Waals surface area contributed by atoms with Crippen molar-refractivity contribution in [2.24, 2.45) is 0 Å². The van der Waals surface area contributed by atoms with E-state index in [2.05, 4.69) is 120 Å². The third kappa shape index (κ3) is 3.62. The third-order valence-corrected chi connectivity index (χ3v) is 12.4. The zero-order chi connectivity index (χ0) is 35.1. The van der Waals surface area contributed by atoms with Gasteiger partial charge in [-0.1, -0.05) is 121 Å². The van der Waals surface area contributed by atoms with Crippen LogP contribution >= 0.6 is 11.3 Å². The predicted molar refractivity (Wildman–Crippen MR) is 224 cm³/mol. The van der Waals surface area contributed by atoms with Crippen LogP contribution in [0, 0.1) is 0 Å². The van der Waals surface area contributed by atoms with E-state index >= 15 is 0 Å². The quantitative estimate of drug-likeness (QED) is 0.179. The largest absolute Gasteiger partial charge is 0.456 e. The summed E-state index contributed by atoms with van der Waals surface area (Å²) in [6.07, 6.45) is 0. The van der Waals surface area contributed by atoms with Crippen molar-refractivity contribution in [2.75, 3.05) is 0 Å². The van der Waals surface area contributed by atoms with Crippen molar-refractivity contribution in [1.82, 2.24) is 14.5 Å². The van der Waals surface area contributed by atoms with Crippen molar-refractivity contribution in [1.29, 1.82) is 0 Å². The predicted octanol–water partition coefficient (Wildman–Crippen LogP) is 13.7. The highest BCUT2D eigenvalue weighted by Crippen LogP contribution is 2.49. The first-order chi connectivity index (χ1) is 26.8. The second kappa shape index (κ2) is 10.3. The summed E-state index contributed by atoms with van der Waals surface area (Å²) in [5.74, 6) is 0.561. The maximum absolute atomic E-state index is 6.65. The maximum Gasteiger partial charge on any atom is 0.238 e. The van der Waals surface area contributed by atoms with Gasteiger partial charge in [-0.3, -0.25) is 4.57 Å². The van der Waals surface area contributed by atoms with Gasteiger partial charge in [-0.25, -0.2) is 4.98 Å². The molecular formula is C48H25N3O2S. The summed E-state index contributed by atoms with van der Waals surface area (Å²) in [5.41, 5.74) is 6.91. The lowest BCUT2D eigenvalue weighted by molar-refractivity contribution is 0.651. The second-order valence-corrected chi connectivity index (χ2v) is 15.1. The van der Waals surface area contributed by atoms with Gasteiger partial charge in [-0.05, 0) is 51.9 Å². The van der Waals surface area contributed by atoms with Gasteiger partial charge >= 0.3 is 0 Å². The number of nitrogens with zero attached hydrogens (tertiary/aromatic N) is 3. The van der Waals surface area contributed by atoms with Gasteiger partial charge < -0.3 is 8.83 Å². The van der Waals surface area contributed by atoms with Gasteiger partial charge in [0.25, 0.3) is 0 Å². The minimum atomic E-state index is 0.546. The number of hydrogen-bond donors (Lipinski definition) is 0. The van der Waals surface area contributed by atoms with E-state index in [1.807, 2.05) is 47.7 Å². The zero-order valence-corrected chi connectivity index (χ0v) is 29.3. The summed E-state index contributed by atoms with van der Waals surface area (Å²) in [4.78, 5) is 11.0. The van der Waals surface area contributed by atoms with E-state index < -0.39 is 0 Å². The molecule has 0 atom stereocenters. The first kappa shape index (κ1) is 28.6. The van der Waals surface area contributed by atoms with Gasteiger partial charge in [0.1, 0.15) is 16.7 Å². The highest BCUT2D eigenvalue weighted by Gasteiger charge is 2.27. The Morgan fingerprint density at radius 1 is 0.444 bits per heavy atom. The average Bonchev–Trinajstić information content (AvgIpc) is 3.99. The smallest absolute Gasteiger partial charge is 0.238 e. The molecule has 13 rings (SSSR count). The molecule has 54 heavy (non-hydrogen) atoms. The summed E-state index contributed by atoms with van der Waals surface area (Å²) in [5, 5.41) is 13.7. The Labute approximate surface area is 309 Å². The van der Waals surface area contributed by atoms with Crippen LogP contribution in [0.1, 0.15) is 0 Å². The van der Waals surface area contributed by atoms with Crippen LogP contribution in [0.4, 0.5) is 0 Å². The third-order valence-electron chi connectivity index (χ3n) is 11.2. The molecule has 5 aromatic heterocycles. The molecule has 5 nitrogen and oxygen atoms in total. The van der Waals surface area contributed by atoms with Gasteiger partial charge in [0.15, 0.2) is 0 Å². The first-order valence-corrected chi connectivity index (χ1v) is 18.9. The van der Waals surface area contributed by atoms with Crippen molar-refractivity contribution in [2.45, 2.75) is 0 Å². The number of hydrogen-bond acceptors (Lipinski definition) is 5. The number of para-hydroxylation sites is 2. The molecule has 8 aromatic carbocycles. The number of thiophene rings is 1. The number of furan rings is 2. The fourth-order valence-electron chi connectivity index (χ4n) is 9.02. The van der Waals surface area contributed by atoms with Gasteiger partial charge in [0.2, 0.25) is 11.7 Å². The summed E-state index contributed by atoms with van der Waals surface area (Å²) >= 11 is 1.84. The Morgan fingerprint density at radius 3 is 1.93 bits per heavy atom. The number of aromatic nitrogens is 3. The van der Waals surface area contributed by atoms with Gasteiger partial charge in [0, 0.05) is 48.0 Å². The molecular weight excluding hydrogens is 683 g/mol. The summed E-state index contributed by atoms with van der Waals surface area (Å²) in [7, 11) is 0. The lowest BCUT2D eigenvalue weighted by atomic mass is 9.97.